The Bertz CT molecular complexity index is 800. The number of nitrogens with one attached hydrogen (secondary N) is 4. The Morgan fingerprint density at radius 3 is 2.52 bits per heavy atom. The fourth-order valence-electron chi connectivity index (χ4n) is 2.61. The number of urea groups is 1. The van der Waals surface area contributed by atoms with Crippen LogP contribution in [0.25, 0.3) is 0 Å². The van der Waals surface area contributed by atoms with Crippen molar-refractivity contribution in [1.29, 1.82) is 5.41 Å². The van der Waals surface area contributed by atoms with Crippen LogP contribution in [0.2, 0.25) is 0 Å². The molecule has 0 radical (unpaired) electrons. The lowest BCUT2D eigenvalue weighted by molar-refractivity contribution is 0.249. The van der Waals surface area contributed by atoms with Crippen LogP contribution < -0.4 is 16.0 Å². The molecule has 5 N–H and O–H groups in total. The molecule has 0 fully saturated rings. The zero-order valence-electron chi connectivity index (χ0n) is 16.1. The maximum Gasteiger partial charge on any atom is 0.320 e. The number of carbonyl (C=O) groups excluding carboxylic acids is 1. The summed E-state index contributed by atoms with van der Waals surface area (Å²) in [5.41, 5.74) is 2.22. The summed E-state index contributed by atoms with van der Waals surface area (Å²) in [5.74, 6) is 0.273. The summed E-state index contributed by atoms with van der Waals surface area (Å²) in [6.45, 7) is 7.52. The molecule has 0 saturated carbocycles. The van der Waals surface area contributed by atoms with E-state index in [0.29, 0.717) is 16.9 Å². The topological polar surface area (TPSA) is 110 Å². The zero-order valence-corrected chi connectivity index (χ0v) is 16.1. The van der Waals surface area contributed by atoms with Crippen molar-refractivity contribution in [3.63, 3.8) is 0 Å². The van der Waals surface area contributed by atoms with E-state index >= 15 is 0 Å². The van der Waals surface area contributed by atoms with E-state index in [1.54, 1.807) is 6.07 Å². The fraction of sp³-hybridized carbons (Fsp3) is 0.350. The molecule has 1 aromatic carbocycles. The average Bonchev–Trinajstić information content (AvgIpc) is 2.62. The molecule has 7 nitrogen and oxygen atoms in total. The first-order valence-corrected chi connectivity index (χ1v) is 8.79. The van der Waals surface area contributed by atoms with Crippen LogP contribution in [-0.4, -0.2) is 27.9 Å². The molecule has 144 valence electrons. The van der Waals surface area contributed by atoms with Gasteiger partial charge in [0.25, 0.3) is 0 Å². The van der Waals surface area contributed by atoms with Gasteiger partial charge in [-0.25, -0.2) is 9.78 Å². The van der Waals surface area contributed by atoms with Gasteiger partial charge in [0.15, 0.2) is 0 Å². The lowest BCUT2D eigenvalue weighted by Crippen LogP contribution is -2.32. The van der Waals surface area contributed by atoms with Gasteiger partial charge in [-0.15, -0.1) is 0 Å². The summed E-state index contributed by atoms with van der Waals surface area (Å²) < 4.78 is 0. The largest absolute Gasteiger partial charge is 0.390 e. The van der Waals surface area contributed by atoms with E-state index in [2.05, 4.69) is 20.9 Å². The molecule has 0 bridgehead atoms. The number of anilines is 2. The molecule has 0 aliphatic heterocycles. The first-order chi connectivity index (χ1) is 12.7. The number of aliphatic hydroxyl groups is 1. The Morgan fingerprint density at radius 2 is 1.96 bits per heavy atom. The predicted octanol–water partition coefficient (Wildman–Crippen LogP) is 3.66. The van der Waals surface area contributed by atoms with Crippen molar-refractivity contribution in [2.75, 3.05) is 10.6 Å². The van der Waals surface area contributed by atoms with Gasteiger partial charge < -0.3 is 21.1 Å². The maximum absolute atomic E-state index is 12.3. The summed E-state index contributed by atoms with van der Waals surface area (Å²) in [5, 5.41) is 26.1. The van der Waals surface area contributed by atoms with Crippen molar-refractivity contribution in [1.82, 2.24) is 10.3 Å². The summed E-state index contributed by atoms with van der Waals surface area (Å²) in [7, 11) is 0. The Labute approximate surface area is 159 Å². The molecule has 0 aliphatic carbocycles. The zero-order chi connectivity index (χ0) is 20.0. The molecule has 2 amide bonds. The molecular weight excluding hydrogens is 342 g/mol. The molecule has 0 spiro atoms. The van der Waals surface area contributed by atoms with E-state index in [0.717, 1.165) is 5.56 Å². The highest BCUT2D eigenvalue weighted by atomic mass is 16.3. The molecule has 1 aromatic heterocycles. The number of benzene rings is 1. The van der Waals surface area contributed by atoms with Gasteiger partial charge in [-0.2, -0.15) is 0 Å². The first kappa shape index (κ1) is 20.4. The number of rotatable bonds is 6. The van der Waals surface area contributed by atoms with Gasteiger partial charge in [0.2, 0.25) is 0 Å². The quantitative estimate of drug-likeness (QED) is 0.500. The van der Waals surface area contributed by atoms with Gasteiger partial charge in [0.1, 0.15) is 5.82 Å². The van der Waals surface area contributed by atoms with Crippen molar-refractivity contribution in [3.05, 3.63) is 53.2 Å². The third-order valence-corrected chi connectivity index (χ3v) is 3.82. The van der Waals surface area contributed by atoms with Crippen molar-refractivity contribution in [3.8, 4) is 0 Å². The van der Waals surface area contributed by atoms with Crippen LogP contribution in [0.5, 0.6) is 0 Å². The molecule has 2 aromatic rings. The van der Waals surface area contributed by atoms with Gasteiger partial charge in [-0.1, -0.05) is 30.3 Å². The normalized spacial score (nSPS) is 12.2. The van der Waals surface area contributed by atoms with Crippen LogP contribution in [0.4, 0.5) is 16.3 Å². The number of aliphatic hydroxyl groups excluding tert-OH is 1. The molecule has 1 heterocycles. The van der Waals surface area contributed by atoms with E-state index in [4.69, 9.17) is 5.41 Å². The van der Waals surface area contributed by atoms with Crippen LogP contribution in [0, 0.1) is 5.41 Å². The van der Waals surface area contributed by atoms with Crippen LogP contribution in [0.1, 0.15) is 50.6 Å². The molecule has 27 heavy (non-hydrogen) atoms. The number of nitrogens with zero attached hydrogens (tertiary/aromatic N) is 1. The molecule has 1 atom stereocenters. The van der Waals surface area contributed by atoms with Crippen LogP contribution in [-0.2, 0) is 6.61 Å². The second kappa shape index (κ2) is 8.64. The number of hydrogen-bond donors (Lipinski definition) is 5. The van der Waals surface area contributed by atoms with E-state index in [1.807, 2.05) is 58.0 Å². The lowest BCUT2D eigenvalue weighted by Gasteiger charge is -2.25. The van der Waals surface area contributed by atoms with Crippen LogP contribution in [0.15, 0.2) is 36.4 Å². The smallest absolute Gasteiger partial charge is 0.320 e. The van der Waals surface area contributed by atoms with Gasteiger partial charge in [-0.3, -0.25) is 5.32 Å². The van der Waals surface area contributed by atoms with E-state index < -0.39 is 6.03 Å². The SMILES string of the molecule is C[C@@H](NC(=O)Nc1cc(C=N)c(NC(C)(C)C)c(CO)n1)c1ccccc1. The Hall–Kier alpha value is -2.93. The minimum atomic E-state index is -0.407. The van der Waals surface area contributed by atoms with Crippen molar-refractivity contribution in [2.24, 2.45) is 0 Å². The maximum atomic E-state index is 12.3. The van der Waals surface area contributed by atoms with E-state index in [-0.39, 0.29) is 24.0 Å². The predicted molar refractivity (Wildman–Crippen MR) is 108 cm³/mol. The third kappa shape index (κ3) is 5.79. The second-order valence-electron chi connectivity index (χ2n) is 7.33. The molecule has 2 rings (SSSR count). The number of pyridine rings is 1. The summed E-state index contributed by atoms with van der Waals surface area (Å²) >= 11 is 0. The van der Waals surface area contributed by atoms with Gasteiger partial charge in [-0.05, 0) is 39.3 Å². The van der Waals surface area contributed by atoms with Gasteiger partial charge >= 0.3 is 6.03 Å². The molecular formula is C20H27N5O2. The first-order valence-electron chi connectivity index (χ1n) is 8.79. The number of amides is 2. The Kier molecular flexibility index (Phi) is 6.52. The molecule has 0 unspecified atom stereocenters. The monoisotopic (exact) mass is 369 g/mol. The third-order valence-electron chi connectivity index (χ3n) is 3.82. The summed E-state index contributed by atoms with van der Waals surface area (Å²) in [6.07, 6.45) is 1.17. The molecule has 0 saturated heterocycles. The van der Waals surface area contributed by atoms with Crippen molar-refractivity contribution in [2.45, 2.75) is 45.9 Å². The standard InChI is InChI=1S/C20H27N5O2/c1-13(14-8-6-5-7-9-14)22-19(27)24-17-10-15(11-21)18(16(12-26)23-17)25-20(2,3)4/h5-11,13,21,25-26H,12H2,1-4H3,(H2,22,23,24,27)/t13-/m1/s1. The minimum absolute atomic E-state index is 0.174. The van der Waals surface area contributed by atoms with Crippen LogP contribution in [0.3, 0.4) is 0 Å². The van der Waals surface area contributed by atoms with Gasteiger partial charge in [0.05, 0.1) is 24.0 Å². The second-order valence-corrected chi connectivity index (χ2v) is 7.33. The molecule has 7 heteroatoms. The number of aromatic nitrogens is 1. The highest BCUT2D eigenvalue weighted by Gasteiger charge is 2.18. The molecule has 0 aliphatic rings. The number of carbonyl (C=O) groups is 1. The van der Waals surface area contributed by atoms with Gasteiger partial charge in [0, 0.05) is 17.3 Å². The fourth-order valence-corrected chi connectivity index (χ4v) is 2.61. The van der Waals surface area contributed by atoms with Crippen molar-refractivity contribution < 1.29 is 9.90 Å². The summed E-state index contributed by atoms with van der Waals surface area (Å²) in [4.78, 5) is 16.6. The Balaban J connectivity index is 2.18. The van der Waals surface area contributed by atoms with Crippen molar-refractivity contribution >= 4 is 23.8 Å². The number of hydrogen-bond acceptors (Lipinski definition) is 5. The lowest BCUT2D eigenvalue weighted by atomic mass is 10.1. The average molecular weight is 369 g/mol. The highest BCUT2D eigenvalue weighted by molar-refractivity contribution is 5.92. The van der Waals surface area contributed by atoms with E-state index in [9.17, 15) is 9.90 Å². The van der Waals surface area contributed by atoms with E-state index in [1.165, 1.54) is 6.21 Å². The highest BCUT2D eigenvalue weighted by Crippen LogP contribution is 2.25. The summed E-state index contributed by atoms with van der Waals surface area (Å²) in [6, 6.07) is 10.6. The van der Waals surface area contributed by atoms with Crippen LogP contribution >= 0.6 is 0 Å². The minimum Gasteiger partial charge on any atom is -0.390 e. The Morgan fingerprint density at radius 1 is 1.30 bits per heavy atom.